The van der Waals surface area contributed by atoms with Gasteiger partial charge in [-0.25, -0.2) is 0 Å². The second-order valence-electron chi connectivity index (χ2n) is 3.49. The molecule has 0 spiro atoms. The van der Waals surface area contributed by atoms with Gasteiger partial charge in [-0.2, -0.15) is 0 Å². The van der Waals surface area contributed by atoms with E-state index in [9.17, 15) is 0 Å². The topological polar surface area (TPSA) is 35.2 Å². The maximum absolute atomic E-state index is 5.74. The normalized spacial score (nSPS) is 10.1. The van der Waals surface area contributed by atoms with E-state index in [1.807, 2.05) is 48.5 Å². The van der Waals surface area contributed by atoms with E-state index in [0.29, 0.717) is 6.61 Å². The molecule has 2 aromatic carbocycles. The lowest BCUT2D eigenvalue weighted by molar-refractivity contribution is 0.306. The van der Waals surface area contributed by atoms with Gasteiger partial charge in [-0.05, 0) is 35.9 Å². The Morgan fingerprint density at radius 1 is 1.06 bits per heavy atom. The SMILES string of the molecule is Nc1cc(Br)cc(COc2ccccc2)c1. The van der Waals surface area contributed by atoms with E-state index in [2.05, 4.69) is 15.9 Å². The van der Waals surface area contributed by atoms with E-state index in [1.54, 1.807) is 0 Å². The number of halogens is 1. The molecule has 82 valence electrons. The summed E-state index contributed by atoms with van der Waals surface area (Å²) in [6.45, 7) is 0.521. The summed E-state index contributed by atoms with van der Waals surface area (Å²) in [6, 6.07) is 15.5. The molecule has 0 bridgehead atoms. The summed E-state index contributed by atoms with van der Waals surface area (Å²) in [5, 5.41) is 0. The van der Waals surface area contributed by atoms with Crippen LogP contribution < -0.4 is 10.5 Å². The monoisotopic (exact) mass is 277 g/mol. The van der Waals surface area contributed by atoms with Gasteiger partial charge in [0.2, 0.25) is 0 Å². The molecular weight excluding hydrogens is 266 g/mol. The molecule has 0 aliphatic carbocycles. The molecule has 0 aliphatic heterocycles. The van der Waals surface area contributed by atoms with Gasteiger partial charge >= 0.3 is 0 Å². The average molecular weight is 278 g/mol. The third-order valence-electron chi connectivity index (χ3n) is 2.13. The third-order valence-corrected chi connectivity index (χ3v) is 2.59. The van der Waals surface area contributed by atoms with E-state index >= 15 is 0 Å². The van der Waals surface area contributed by atoms with Crippen LogP contribution in [-0.4, -0.2) is 0 Å². The number of hydrogen-bond donors (Lipinski definition) is 1. The van der Waals surface area contributed by atoms with Gasteiger partial charge in [-0.1, -0.05) is 34.1 Å². The first-order chi connectivity index (χ1) is 7.74. The molecule has 2 aromatic rings. The smallest absolute Gasteiger partial charge is 0.119 e. The van der Waals surface area contributed by atoms with Gasteiger partial charge in [0.25, 0.3) is 0 Å². The molecule has 2 N–H and O–H groups in total. The van der Waals surface area contributed by atoms with Gasteiger partial charge in [0.1, 0.15) is 12.4 Å². The molecule has 0 heterocycles. The van der Waals surface area contributed by atoms with Gasteiger partial charge in [0.15, 0.2) is 0 Å². The van der Waals surface area contributed by atoms with Gasteiger partial charge in [-0.15, -0.1) is 0 Å². The Bertz CT molecular complexity index is 450. The van der Waals surface area contributed by atoms with Gasteiger partial charge < -0.3 is 10.5 Å². The van der Waals surface area contributed by atoms with Crippen LogP contribution in [0.5, 0.6) is 5.75 Å². The van der Waals surface area contributed by atoms with Gasteiger partial charge in [-0.3, -0.25) is 0 Å². The quantitative estimate of drug-likeness (QED) is 0.870. The van der Waals surface area contributed by atoms with E-state index in [-0.39, 0.29) is 0 Å². The van der Waals surface area contributed by atoms with Crippen LogP contribution in [-0.2, 0) is 6.61 Å². The fraction of sp³-hybridized carbons (Fsp3) is 0.0769. The molecule has 3 heteroatoms. The first kappa shape index (κ1) is 11.0. The molecule has 0 fully saturated rings. The zero-order valence-electron chi connectivity index (χ0n) is 8.69. The number of hydrogen-bond acceptors (Lipinski definition) is 2. The molecule has 0 saturated carbocycles. The fourth-order valence-electron chi connectivity index (χ4n) is 1.44. The highest BCUT2D eigenvalue weighted by Crippen LogP contribution is 2.19. The zero-order chi connectivity index (χ0) is 11.4. The molecule has 0 aliphatic rings. The summed E-state index contributed by atoms with van der Waals surface area (Å²) in [5.74, 6) is 0.862. The van der Waals surface area contributed by atoms with Crippen LogP contribution in [0.3, 0.4) is 0 Å². The Morgan fingerprint density at radius 3 is 2.50 bits per heavy atom. The number of benzene rings is 2. The van der Waals surface area contributed by atoms with E-state index in [4.69, 9.17) is 10.5 Å². The van der Waals surface area contributed by atoms with E-state index in [0.717, 1.165) is 21.5 Å². The molecule has 2 nitrogen and oxygen atoms in total. The minimum absolute atomic E-state index is 0.521. The van der Waals surface area contributed by atoms with Crippen molar-refractivity contribution in [3.63, 3.8) is 0 Å². The fourth-order valence-corrected chi connectivity index (χ4v) is 2.00. The Kier molecular flexibility index (Phi) is 3.47. The molecule has 2 rings (SSSR count). The van der Waals surface area contributed by atoms with Crippen molar-refractivity contribution >= 4 is 21.6 Å². The van der Waals surface area contributed by atoms with Gasteiger partial charge in [0, 0.05) is 10.2 Å². The minimum Gasteiger partial charge on any atom is -0.489 e. The standard InChI is InChI=1S/C13H12BrNO/c14-11-6-10(7-12(15)8-11)9-16-13-4-2-1-3-5-13/h1-8H,9,15H2. The molecule has 16 heavy (non-hydrogen) atoms. The van der Waals surface area contributed by atoms with Crippen molar-refractivity contribution in [3.05, 3.63) is 58.6 Å². The summed E-state index contributed by atoms with van der Waals surface area (Å²) < 4.78 is 6.60. The van der Waals surface area contributed by atoms with Gasteiger partial charge in [0.05, 0.1) is 0 Å². The minimum atomic E-state index is 0.521. The number of nitrogens with two attached hydrogens (primary N) is 1. The average Bonchev–Trinajstić information content (AvgIpc) is 2.27. The highest BCUT2D eigenvalue weighted by molar-refractivity contribution is 9.10. The predicted octanol–water partition coefficient (Wildman–Crippen LogP) is 3.61. The lowest BCUT2D eigenvalue weighted by atomic mass is 10.2. The molecule has 0 radical (unpaired) electrons. The van der Waals surface area contributed by atoms with E-state index < -0.39 is 0 Å². The maximum atomic E-state index is 5.74. The number of para-hydroxylation sites is 1. The number of nitrogen functional groups attached to an aromatic ring is 1. The summed E-state index contributed by atoms with van der Waals surface area (Å²) in [6.07, 6.45) is 0. The van der Waals surface area contributed by atoms with Crippen LogP contribution in [0.1, 0.15) is 5.56 Å². The van der Waals surface area contributed by atoms with Crippen molar-refractivity contribution < 1.29 is 4.74 Å². The number of anilines is 1. The first-order valence-corrected chi connectivity index (χ1v) is 5.76. The summed E-state index contributed by atoms with van der Waals surface area (Å²) in [7, 11) is 0. The van der Waals surface area contributed by atoms with Crippen LogP contribution in [0.2, 0.25) is 0 Å². The molecule has 0 saturated heterocycles. The first-order valence-electron chi connectivity index (χ1n) is 4.97. The third kappa shape index (κ3) is 3.00. The Morgan fingerprint density at radius 2 is 1.81 bits per heavy atom. The van der Waals surface area contributed by atoms with Crippen LogP contribution >= 0.6 is 15.9 Å². The maximum Gasteiger partial charge on any atom is 0.119 e. The van der Waals surface area contributed by atoms with E-state index in [1.165, 1.54) is 0 Å². The van der Waals surface area contributed by atoms with Crippen molar-refractivity contribution in [2.24, 2.45) is 0 Å². The molecule has 0 unspecified atom stereocenters. The largest absolute Gasteiger partial charge is 0.489 e. The Labute approximate surface area is 103 Å². The summed E-state index contributed by atoms with van der Waals surface area (Å²) in [4.78, 5) is 0. The predicted molar refractivity (Wildman–Crippen MR) is 69.3 cm³/mol. The molecule has 0 aromatic heterocycles. The lowest BCUT2D eigenvalue weighted by Crippen LogP contribution is -1.96. The number of rotatable bonds is 3. The van der Waals surface area contributed by atoms with Crippen LogP contribution in [0.25, 0.3) is 0 Å². The van der Waals surface area contributed by atoms with Crippen molar-refractivity contribution in [1.82, 2.24) is 0 Å². The molecular formula is C13H12BrNO. The highest BCUT2D eigenvalue weighted by Gasteiger charge is 1.98. The van der Waals surface area contributed by atoms with Crippen molar-refractivity contribution in [2.75, 3.05) is 5.73 Å². The van der Waals surface area contributed by atoms with Crippen LogP contribution in [0, 0.1) is 0 Å². The van der Waals surface area contributed by atoms with Crippen molar-refractivity contribution in [3.8, 4) is 5.75 Å². The van der Waals surface area contributed by atoms with Crippen molar-refractivity contribution in [1.29, 1.82) is 0 Å². The summed E-state index contributed by atoms with van der Waals surface area (Å²) >= 11 is 3.40. The highest BCUT2D eigenvalue weighted by atomic mass is 79.9. The van der Waals surface area contributed by atoms with Crippen LogP contribution in [0.15, 0.2) is 53.0 Å². The Hall–Kier alpha value is -1.48. The van der Waals surface area contributed by atoms with Crippen LogP contribution in [0.4, 0.5) is 5.69 Å². The van der Waals surface area contributed by atoms with Crippen molar-refractivity contribution in [2.45, 2.75) is 6.61 Å². The molecule has 0 atom stereocenters. The summed E-state index contributed by atoms with van der Waals surface area (Å²) in [5.41, 5.74) is 7.53. The Balaban J connectivity index is 2.05. The molecule has 0 amide bonds. The lowest BCUT2D eigenvalue weighted by Gasteiger charge is -2.07. The number of ether oxygens (including phenoxy) is 1. The second kappa shape index (κ2) is 5.03. The zero-order valence-corrected chi connectivity index (χ0v) is 10.3. The second-order valence-corrected chi connectivity index (χ2v) is 4.41.